The molecule has 3 N–H and O–H groups in total. The lowest BCUT2D eigenvalue weighted by Crippen LogP contribution is -2.26. The quantitative estimate of drug-likeness (QED) is 0.740. The molecule has 1 aromatic heterocycles. The van der Waals surface area contributed by atoms with Crippen LogP contribution >= 0.6 is 0 Å². The molecule has 0 spiro atoms. The standard InChI is InChI=1S/C13H18N4/c1-14-13-16-11-4-2-3-10(12(11)17-13)9-5-7-15-8-6-9/h2-4,9,15H,5-8H2,1H3,(H2,14,16,17). The van der Waals surface area contributed by atoms with E-state index < -0.39 is 0 Å². The van der Waals surface area contributed by atoms with Crippen molar-refractivity contribution in [2.75, 3.05) is 25.5 Å². The van der Waals surface area contributed by atoms with Crippen molar-refractivity contribution in [1.82, 2.24) is 15.3 Å². The summed E-state index contributed by atoms with van der Waals surface area (Å²) >= 11 is 0. The van der Waals surface area contributed by atoms with E-state index in [-0.39, 0.29) is 0 Å². The average molecular weight is 230 g/mol. The molecule has 0 radical (unpaired) electrons. The number of anilines is 1. The minimum atomic E-state index is 0.646. The highest BCUT2D eigenvalue weighted by atomic mass is 15.1. The fraction of sp³-hybridized carbons (Fsp3) is 0.462. The smallest absolute Gasteiger partial charge is 0.200 e. The lowest BCUT2D eigenvalue weighted by molar-refractivity contribution is 0.462. The van der Waals surface area contributed by atoms with E-state index in [1.54, 1.807) is 0 Å². The second-order valence-electron chi connectivity index (χ2n) is 4.60. The van der Waals surface area contributed by atoms with Gasteiger partial charge in [0.25, 0.3) is 0 Å². The van der Waals surface area contributed by atoms with E-state index >= 15 is 0 Å². The number of para-hydroxylation sites is 1. The van der Waals surface area contributed by atoms with Crippen molar-refractivity contribution in [1.29, 1.82) is 0 Å². The Balaban J connectivity index is 2.05. The number of hydrogen-bond acceptors (Lipinski definition) is 3. The van der Waals surface area contributed by atoms with Crippen molar-refractivity contribution in [3.05, 3.63) is 23.8 Å². The maximum absolute atomic E-state index is 4.62. The highest BCUT2D eigenvalue weighted by Gasteiger charge is 2.18. The topological polar surface area (TPSA) is 52.7 Å². The van der Waals surface area contributed by atoms with E-state index in [2.05, 4.69) is 38.8 Å². The van der Waals surface area contributed by atoms with Gasteiger partial charge >= 0.3 is 0 Å². The van der Waals surface area contributed by atoms with Crippen molar-refractivity contribution < 1.29 is 0 Å². The number of piperidine rings is 1. The Kier molecular flexibility index (Phi) is 2.73. The Labute approximate surface area is 101 Å². The summed E-state index contributed by atoms with van der Waals surface area (Å²) in [6, 6.07) is 6.43. The molecule has 0 saturated carbocycles. The third kappa shape index (κ3) is 1.89. The first-order valence-electron chi connectivity index (χ1n) is 6.25. The number of aromatic amines is 1. The van der Waals surface area contributed by atoms with E-state index in [0.717, 1.165) is 30.1 Å². The Hall–Kier alpha value is -1.55. The average Bonchev–Trinajstić information content (AvgIpc) is 2.82. The normalized spacial score (nSPS) is 17.5. The summed E-state index contributed by atoms with van der Waals surface area (Å²) in [6.07, 6.45) is 2.42. The van der Waals surface area contributed by atoms with Crippen LogP contribution in [0.5, 0.6) is 0 Å². The van der Waals surface area contributed by atoms with Crippen molar-refractivity contribution in [3.8, 4) is 0 Å². The predicted octanol–water partition coefficient (Wildman–Crippen LogP) is 2.07. The Morgan fingerprint density at radius 1 is 1.29 bits per heavy atom. The second kappa shape index (κ2) is 4.37. The van der Waals surface area contributed by atoms with E-state index in [9.17, 15) is 0 Å². The highest BCUT2D eigenvalue weighted by Crippen LogP contribution is 2.30. The number of aromatic nitrogens is 2. The summed E-state index contributed by atoms with van der Waals surface area (Å²) in [5.74, 6) is 1.49. The van der Waals surface area contributed by atoms with Crippen LogP contribution in [-0.2, 0) is 0 Å². The molecular weight excluding hydrogens is 212 g/mol. The van der Waals surface area contributed by atoms with E-state index in [4.69, 9.17) is 0 Å². The maximum Gasteiger partial charge on any atom is 0.200 e. The number of nitrogens with zero attached hydrogens (tertiary/aromatic N) is 1. The highest BCUT2D eigenvalue weighted by molar-refractivity contribution is 5.81. The number of hydrogen-bond donors (Lipinski definition) is 3. The lowest BCUT2D eigenvalue weighted by atomic mass is 9.89. The van der Waals surface area contributed by atoms with Gasteiger partial charge in [0.15, 0.2) is 0 Å². The van der Waals surface area contributed by atoms with Crippen LogP contribution in [0.15, 0.2) is 18.2 Å². The van der Waals surface area contributed by atoms with Gasteiger partial charge in [-0.1, -0.05) is 12.1 Å². The lowest BCUT2D eigenvalue weighted by Gasteiger charge is -2.23. The number of benzene rings is 1. The van der Waals surface area contributed by atoms with Crippen LogP contribution in [0.1, 0.15) is 24.3 Å². The van der Waals surface area contributed by atoms with Crippen molar-refractivity contribution >= 4 is 17.0 Å². The molecule has 17 heavy (non-hydrogen) atoms. The summed E-state index contributed by atoms with van der Waals surface area (Å²) in [7, 11) is 1.89. The number of imidazole rings is 1. The largest absolute Gasteiger partial charge is 0.359 e. The van der Waals surface area contributed by atoms with Crippen LogP contribution in [0.4, 0.5) is 5.95 Å². The fourth-order valence-corrected chi connectivity index (χ4v) is 2.64. The first kappa shape index (κ1) is 10.6. The van der Waals surface area contributed by atoms with Gasteiger partial charge in [-0.05, 0) is 43.5 Å². The Morgan fingerprint density at radius 3 is 2.88 bits per heavy atom. The van der Waals surface area contributed by atoms with Crippen LogP contribution in [-0.4, -0.2) is 30.1 Å². The van der Waals surface area contributed by atoms with Crippen molar-refractivity contribution in [3.63, 3.8) is 0 Å². The molecule has 2 heterocycles. The van der Waals surface area contributed by atoms with Gasteiger partial charge in [0.1, 0.15) is 0 Å². The van der Waals surface area contributed by atoms with Gasteiger partial charge in [-0.15, -0.1) is 0 Å². The molecule has 4 heteroatoms. The molecule has 90 valence electrons. The van der Waals surface area contributed by atoms with Gasteiger partial charge in [-0.2, -0.15) is 0 Å². The summed E-state index contributed by atoms with van der Waals surface area (Å²) in [5.41, 5.74) is 3.65. The molecule has 1 fully saturated rings. The zero-order chi connectivity index (χ0) is 11.7. The molecule has 0 bridgehead atoms. The molecule has 3 rings (SSSR count). The molecular formula is C13H18N4. The zero-order valence-corrected chi connectivity index (χ0v) is 10.1. The van der Waals surface area contributed by atoms with E-state index in [1.807, 2.05) is 7.05 Å². The van der Waals surface area contributed by atoms with Crippen LogP contribution in [0.25, 0.3) is 11.0 Å². The molecule has 4 nitrogen and oxygen atoms in total. The number of rotatable bonds is 2. The summed E-state index contributed by atoms with van der Waals surface area (Å²) in [6.45, 7) is 2.23. The Bertz CT molecular complexity index is 511. The SMILES string of the molecule is CNc1nc2c(C3CCNCC3)cccc2[nH]1. The zero-order valence-electron chi connectivity index (χ0n) is 10.1. The minimum absolute atomic E-state index is 0.646. The molecule has 1 saturated heterocycles. The van der Waals surface area contributed by atoms with Gasteiger partial charge in [0.05, 0.1) is 11.0 Å². The molecule has 0 atom stereocenters. The van der Waals surface area contributed by atoms with Crippen molar-refractivity contribution in [2.45, 2.75) is 18.8 Å². The number of fused-ring (bicyclic) bond motifs is 1. The van der Waals surface area contributed by atoms with Gasteiger partial charge in [-0.25, -0.2) is 4.98 Å². The van der Waals surface area contributed by atoms with Gasteiger partial charge in [0.2, 0.25) is 5.95 Å². The molecule has 1 aliphatic heterocycles. The number of H-pyrrole nitrogens is 1. The summed E-state index contributed by atoms with van der Waals surface area (Å²) in [4.78, 5) is 7.91. The molecule has 0 unspecified atom stereocenters. The summed E-state index contributed by atoms with van der Waals surface area (Å²) < 4.78 is 0. The Morgan fingerprint density at radius 2 is 2.12 bits per heavy atom. The third-order valence-electron chi connectivity index (χ3n) is 3.56. The van der Waals surface area contributed by atoms with Crippen molar-refractivity contribution in [2.24, 2.45) is 0 Å². The molecule has 2 aromatic rings. The van der Waals surface area contributed by atoms with Gasteiger partial charge in [0, 0.05) is 7.05 Å². The van der Waals surface area contributed by atoms with E-state index in [1.165, 1.54) is 18.4 Å². The second-order valence-corrected chi connectivity index (χ2v) is 4.60. The fourth-order valence-electron chi connectivity index (χ4n) is 2.64. The minimum Gasteiger partial charge on any atom is -0.359 e. The molecule has 1 aliphatic rings. The maximum atomic E-state index is 4.62. The monoisotopic (exact) mass is 230 g/mol. The van der Waals surface area contributed by atoms with Crippen LogP contribution < -0.4 is 10.6 Å². The van der Waals surface area contributed by atoms with Gasteiger partial charge in [-0.3, -0.25) is 0 Å². The first-order valence-corrected chi connectivity index (χ1v) is 6.25. The third-order valence-corrected chi connectivity index (χ3v) is 3.56. The summed E-state index contributed by atoms with van der Waals surface area (Å²) in [5, 5.41) is 6.48. The van der Waals surface area contributed by atoms with Crippen LogP contribution in [0.3, 0.4) is 0 Å². The molecule has 0 aliphatic carbocycles. The molecule has 1 aromatic carbocycles. The number of nitrogens with one attached hydrogen (secondary N) is 3. The first-order chi connectivity index (χ1) is 8.38. The van der Waals surface area contributed by atoms with E-state index in [0.29, 0.717) is 5.92 Å². The molecule has 0 amide bonds. The predicted molar refractivity (Wildman–Crippen MR) is 70.5 cm³/mol. The van der Waals surface area contributed by atoms with Gasteiger partial charge < -0.3 is 15.6 Å². The van der Waals surface area contributed by atoms with Crippen LogP contribution in [0, 0.1) is 0 Å². The van der Waals surface area contributed by atoms with Crippen LogP contribution in [0.2, 0.25) is 0 Å².